The van der Waals surface area contributed by atoms with Crippen molar-refractivity contribution < 1.29 is 14.9 Å². The number of epoxide rings is 1. The standard InChI is InChI=1S/C11H9NO4/c13-10-4-2-7-6(9-5-15-9)1-3-8(16-14)11(7)12-10/h1-4,9,14H,5H2,(H,12,13)/t9-/m0/s1. The molecule has 0 spiro atoms. The smallest absolute Gasteiger partial charge is 0.248 e. The fraction of sp³-hybridized carbons (Fsp3) is 0.182. The van der Waals surface area contributed by atoms with E-state index in [1.807, 2.05) is 6.07 Å². The molecule has 0 radical (unpaired) electrons. The molecule has 2 aromatic rings. The van der Waals surface area contributed by atoms with Crippen LogP contribution in [0.15, 0.2) is 29.1 Å². The van der Waals surface area contributed by atoms with E-state index < -0.39 is 0 Å². The summed E-state index contributed by atoms with van der Waals surface area (Å²) in [5.41, 5.74) is 1.25. The third kappa shape index (κ3) is 1.37. The zero-order chi connectivity index (χ0) is 11.1. The molecule has 1 atom stereocenters. The van der Waals surface area contributed by atoms with Gasteiger partial charge in [-0.15, -0.1) is 0 Å². The maximum absolute atomic E-state index is 11.2. The van der Waals surface area contributed by atoms with Gasteiger partial charge >= 0.3 is 0 Å². The lowest BCUT2D eigenvalue weighted by Crippen LogP contribution is -2.04. The Kier molecular flexibility index (Phi) is 1.95. The lowest BCUT2D eigenvalue weighted by atomic mass is 10.1. The molecule has 1 aliphatic rings. The van der Waals surface area contributed by atoms with Crippen molar-refractivity contribution >= 4 is 10.9 Å². The normalized spacial score (nSPS) is 18.7. The van der Waals surface area contributed by atoms with Crippen LogP contribution in [0.2, 0.25) is 0 Å². The summed E-state index contributed by atoms with van der Waals surface area (Å²) in [4.78, 5) is 18.1. The Hall–Kier alpha value is -1.85. The van der Waals surface area contributed by atoms with Crippen molar-refractivity contribution in [3.8, 4) is 5.75 Å². The summed E-state index contributed by atoms with van der Waals surface area (Å²) in [6.07, 6.45) is 0.0844. The Morgan fingerprint density at radius 3 is 2.88 bits per heavy atom. The van der Waals surface area contributed by atoms with Gasteiger partial charge < -0.3 is 14.6 Å². The molecule has 82 valence electrons. The van der Waals surface area contributed by atoms with Crippen LogP contribution in [0.25, 0.3) is 10.9 Å². The van der Waals surface area contributed by atoms with E-state index in [-0.39, 0.29) is 17.4 Å². The highest BCUT2D eigenvalue weighted by Gasteiger charge is 2.27. The lowest BCUT2D eigenvalue weighted by Gasteiger charge is -2.06. The second kappa shape index (κ2) is 3.33. The van der Waals surface area contributed by atoms with Crippen LogP contribution in [-0.2, 0) is 4.74 Å². The molecule has 5 heteroatoms. The molecule has 0 unspecified atom stereocenters. The molecular formula is C11H9NO4. The van der Waals surface area contributed by atoms with Crippen molar-refractivity contribution in [1.29, 1.82) is 0 Å². The van der Waals surface area contributed by atoms with Gasteiger partial charge in [-0.1, -0.05) is 6.07 Å². The largest absolute Gasteiger partial charge is 0.368 e. The maximum atomic E-state index is 11.2. The van der Waals surface area contributed by atoms with Crippen LogP contribution in [0.3, 0.4) is 0 Å². The van der Waals surface area contributed by atoms with Gasteiger partial charge in [-0.05, 0) is 17.7 Å². The van der Waals surface area contributed by atoms with Gasteiger partial charge in [0, 0.05) is 11.5 Å². The highest BCUT2D eigenvalue weighted by molar-refractivity contribution is 5.87. The molecule has 1 fully saturated rings. The topological polar surface area (TPSA) is 74.8 Å². The second-order valence-electron chi connectivity index (χ2n) is 3.68. The Labute approximate surface area is 90.2 Å². The number of hydrogen-bond acceptors (Lipinski definition) is 4. The van der Waals surface area contributed by atoms with Gasteiger partial charge in [0.15, 0.2) is 5.75 Å². The molecular weight excluding hydrogens is 210 g/mol. The molecule has 0 amide bonds. The van der Waals surface area contributed by atoms with Gasteiger partial charge in [-0.25, -0.2) is 5.26 Å². The van der Waals surface area contributed by atoms with E-state index >= 15 is 0 Å². The first-order valence-corrected chi connectivity index (χ1v) is 4.88. The van der Waals surface area contributed by atoms with Gasteiger partial charge in [-0.2, -0.15) is 0 Å². The van der Waals surface area contributed by atoms with Crippen molar-refractivity contribution in [2.75, 3.05) is 6.61 Å². The monoisotopic (exact) mass is 219 g/mol. The summed E-state index contributed by atoms with van der Waals surface area (Å²) in [5.74, 6) is 0.233. The molecule has 3 rings (SSSR count). The fourth-order valence-corrected chi connectivity index (χ4v) is 1.83. The van der Waals surface area contributed by atoms with Crippen LogP contribution >= 0.6 is 0 Å². The Bertz CT molecular complexity index is 600. The van der Waals surface area contributed by atoms with Crippen molar-refractivity contribution in [3.05, 3.63) is 40.2 Å². The van der Waals surface area contributed by atoms with Gasteiger partial charge in [0.25, 0.3) is 0 Å². The number of benzene rings is 1. The molecule has 1 aromatic carbocycles. The maximum Gasteiger partial charge on any atom is 0.248 e. The molecule has 1 aliphatic heterocycles. The number of fused-ring (bicyclic) bond motifs is 1. The van der Waals surface area contributed by atoms with Crippen LogP contribution in [0.5, 0.6) is 5.75 Å². The average Bonchev–Trinajstić information content (AvgIpc) is 3.11. The average molecular weight is 219 g/mol. The van der Waals surface area contributed by atoms with Crippen LogP contribution in [0.1, 0.15) is 11.7 Å². The van der Waals surface area contributed by atoms with Crippen LogP contribution in [0, 0.1) is 0 Å². The van der Waals surface area contributed by atoms with Crippen LogP contribution in [0.4, 0.5) is 0 Å². The zero-order valence-electron chi connectivity index (χ0n) is 8.27. The number of aromatic amines is 1. The number of rotatable bonds is 2. The highest BCUT2D eigenvalue weighted by atomic mass is 17.1. The first-order chi connectivity index (χ1) is 7.79. The summed E-state index contributed by atoms with van der Waals surface area (Å²) < 4.78 is 5.21. The summed E-state index contributed by atoms with van der Waals surface area (Å²) in [6, 6.07) is 6.57. The van der Waals surface area contributed by atoms with Crippen LogP contribution in [-0.4, -0.2) is 16.8 Å². The number of ether oxygens (including phenoxy) is 1. The van der Waals surface area contributed by atoms with E-state index in [2.05, 4.69) is 9.87 Å². The molecule has 2 heterocycles. The number of aromatic nitrogens is 1. The third-order valence-electron chi connectivity index (χ3n) is 2.67. The Balaban J connectivity index is 2.35. The van der Waals surface area contributed by atoms with Crippen molar-refractivity contribution in [2.24, 2.45) is 0 Å². The van der Waals surface area contributed by atoms with Gasteiger partial charge in [0.05, 0.1) is 12.1 Å². The van der Waals surface area contributed by atoms with Crippen molar-refractivity contribution in [3.63, 3.8) is 0 Å². The zero-order valence-corrected chi connectivity index (χ0v) is 8.27. The summed E-state index contributed by atoms with van der Waals surface area (Å²) in [5, 5.41) is 9.55. The molecule has 0 aliphatic carbocycles. The fourth-order valence-electron chi connectivity index (χ4n) is 1.83. The molecule has 1 saturated heterocycles. The van der Waals surface area contributed by atoms with Crippen LogP contribution < -0.4 is 10.4 Å². The molecule has 0 bridgehead atoms. The second-order valence-corrected chi connectivity index (χ2v) is 3.68. The predicted molar refractivity (Wildman–Crippen MR) is 56.5 cm³/mol. The molecule has 2 N–H and O–H groups in total. The first-order valence-electron chi connectivity index (χ1n) is 4.88. The highest BCUT2D eigenvalue weighted by Crippen LogP contribution is 2.36. The van der Waals surface area contributed by atoms with E-state index in [4.69, 9.17) is 9.99 Å². The van der Waals surface area contributed by atoms with E-state index in [1.54, 1.807) is 12.1 Å². The van der Waals surface area contributed by atoms with Gasteiger partial charge in [-0.3, -0.25) is 4.79 Å². The Morgan fingerprint density at radius 2 is 2.19 bits per heavy atom. The number of H-pyrrole nitrogens is 1. The minimum absolute atomic E-state index is 0.0844. The summed E-state index contributed by atoms with van der Waals surface area (Å²) >= 11 is 0. The lowest BCUT2D eigenvalue weighted by molar-refractivity contribution is -0.136. The Morgan fingerprint density at radius 1 is 1.38 bits per heavy atom. The van der Waals surface area contributed by atoms with Crippen molar-refractivity contribution in [1.82, 2.24) is 4.98 Å². The van der Waals surface area contributed by atoms with Gasteiger partial charge in [0.1, 0.15) is 6.10 Å². The number of nitrogens with one attached hydrogen (secondary N) is 1. The first kappa shape index (κ1) is 9.38. The molecule has 1 aromatic heterocycles. The number of pyridine rings is 1. The molecule has 16 heavy (non-hydrogen) atoms. The number of hydrogen-bond donors (Lipinski definition) is 2. The summed E-state index contributed by atoms with van der Waals surface area (Å²) in [7, 11) is 0. The van der Waals surface area contributed by atoms with Gasteiger partial charge in [0.2, 0.25) is 5.56 Å². The van der Waals surface area contributed by atoms with E-state index in [9.17, 15) is 4.79 Å². The SMILES string of the molecule is O=c1ccc2c([C@@H]3CO3)ccc(OO)c2[nH]1. The molecule has 5 nitrogen and oxygen atoms in total. The minimum Gasteiger partial charge on any atom is -0.368 e. The third-order valence-corrected chi connectivity index (χ3v) is 2.67. The minimum atomic E-state index is -0.236. The summed E-state index contributed by atoms with van der Waals surface area (Å²) in [6.45, 7) is 0.688. The van der Waals surface area contributed by atoms with Crippen molar-refractivity contribution in [2.45, 2.75) is 6.10 Å². The molecule has 0 saturated carbocycles. The predicted octanol–water partition coefficient (Wildman–Crippen LogP) is 1.45. The van der Waals surface area contributed by atoms with E-state index in [0.29, 0.717) is 12.1 Å². The van der Waals surface area contributed by atoms with E-state index in [0.717, 1.165) is 10.9 Å². The van der Waals surface area contributed by atoms with E-state index in [1.165, 1.54) is 6.07 Å². The quantitative estimate of drug-likeness (QED) is 0.455.